The molecule has 1 aromatic carbocycles. The van der Waals surface area contributed by atoms with Crippen LogP contribution in [-0.2, 0) is 9.84 Å². The maximum atomic E-state index is 12.5. The Kier molecular flexibility index (Phi) is 3.90. The van der Waals surface area contributed by atoms with Crippen LogP contribution in [0.15, 0.2) is 29.2 Å². The summed E-state index contributed by atoms with van der Waals surface area (Å²) in [6.45, 7) is 4.29. The summed E-state index contributed by atoms with van der Waals surface area (Å²) in [5.41, 5.74) is 1.06. The van der Waals surface area contributed by atoms with Crippen LogP contribution in [0.5, 0.6) is 0 Å². The number of halogens is 2. The molecule has 0 bridgehead atoms. The van der Waals surface area contributed by atoms with Gasteiger partial charge < -0.3 is 5.32 Å². The summed E-state index contributed by atoms with van der Waals surface area (Å²) in [5, 5.41) is 3.25. The number of benzene rings is 1. The van der Waals surface area contributed by atoms with Crippen molar-refractivity contribution in [2.45, 2.75) is 42.9 Å². The fraction of sp³-hybridized carbons (Fsp3) is 0.571. The van der Waals surface area contributed by atoms with E-state index in [9.17, 15) is 17.2 Å². The first-order valence-corrected chi connectivity index (χ1v) is 8.05. The van der Waals surface area contributed by atoms with Gasteiger partial charge in [-0.1, -0.05) is 26.0 Å². The fourth-order valence-corrected chi connectivity index (χ4v) is 3.69. The molecule has 1 aliphatic rings. The van der Waals surface area contributed by atoms with Crippen molar-refractivity contribution in [3.8, 4) is 0 Å². The van der Waals surface area contributed by atoms with Crippen molar-refractivity contribution in [1.29, 1.82) is 0 Å². The Labute approximate surface area is 118 Å². The molecule has 1 aliphatic carbocycles. The Balaban J connectivity index is 2.23. The Hall–Kier alpha value is -1.01. The Morgan fingerprint density at radius 3 is 2.20 bits per heavy atom. The van der Waals surface area contributed by atoms with E-state index in [4.69, 9.17) is 0 Å². The number of nitrogens with one attached hydrogen (secondary N) is 1. The molecule has 20 heavy (non-hydrogen) atoms. The van der Waals surface area contributed by atoms with Crippen LogP contribution in [0.25, 0.3) is 0 Å². The van der Waals surface area contributed by atoms with Gasteiger partial charge in [0.1, 0.15) is 0 Å². The minimum atomic E-state index is -4.50. The van der Waals surface area contributed by atoms with Crippen LogP contribution in [0.3, 0.4) is 0 Å². The number of hydrogen-bond donors (Lipinski definition) is 1. The van der Waals surface area contributed by atoms with Crippen molar-refractivity contribution >= 4 is 9.84 Å². The lowest BCUT2D eigenvalue weighted by Gasteiger charge is -2.52. The quantitative estimate of drug-likeness (QED) is 0.930. The maximum Gasteiger partial charge on any atom is 0.341 e. The molecular weight excluding hydrogens is 284 g/mol. The highest BCUT2D eigenvalue weighted by Crippen LogP contribution is 2.52. The van der Waals surface area contributed by atoms with Crippen LogP contribution < -0.4 is 5.32 Å². The number of hydrogen-bond acceptors (Lipinski definition) is 3. The topological polar surface area (TPSA) is 46.2 Å². The van der Waals surface area contributed by atoms with Gasteiger partial charge in [-0.25, -0.2) is 8.42 Å². The van der Waals surface area contributed by atoms with Crippen molar-refractivity contribution in [2.75, 3.05) is 7.05 Å². The highest BCUT2D eigenvalue weighted by molar-refractivity contribution is 7.91. The lowest BCUT2D eigenvalue weighted by molar-refractivity contribution is 0.0751. The first-order chi connectivity index (χ1) is 9.21. The zero-order chi connectivity index (χ0) is 15.1. The molecular formula is C14H19F2NO2S. The summed E-state index contributed by atoms with van der Waals surface area (Å²) in [5.74, 6) is -3.06. The van der Waals surface area contributed by atoms with Crippen molar-refractivity contribution in [3.63, 3.8) is 0 Å². The molecule has 2 unspecified atom stereocenters. The van der Waals surface area contributed by atoms with E-state index in [-0.39, 0.29) is 10.3 Å². The summed E-state index contributed by atoms with van der Waals surface area (Å²) in [6.07, 6.45) is 0.963. The molecule has 1 N–H and O–H groups in total. The highest BCUT2D eigenvalue weighted by Gasteiger charge is 2.47. The van der Waals surface area contributed by atoms with E-state index in [0.29, 0.717) is 12.0 Å². The average molecular weight is 303 g/mol. The first-order valence-electron chi connectivity index (χ1n) is 6.50. The van der Waals surface area contributed by atoms with E-state index in [0.717, 1.165) is 12.0 Å². The van der Waals surface area contributed by atoms with Gasteiger partial charge in [0.2, 0.25) is 9.84 Å². The van der Waals surface area contributed by atoms with Crippen LogP contribution in [0.1, 0.15) is 31.7 Å². The third kappa shape index (κ3) is 2.35. The smallest absolute Gasteiger partial charge is 0.316 e. The predicted octanol–water partition coefficient (Wildman–Crippen LogP) is 2.78. The van der Waals surface area contributed by atoms with E-state index in [1.165, 1.54) is 12.1 Å². The summed E-state index contributed by atoms with van der Waals surface area (Å²) in [4.78, 5) is -0.321. The summed E-state index contributed by atoms with van der Waals surface area (Å²) >= 11 is 0. The lowest BCUT2D eigenvalue weighted by Crippen LogP contribution is -2.54. The zero-order valence-electron chi connectivity index (χ0n) is 11.7. The van der Waals surface area contributed by atoms with Crippen LogP contribution in [0.4, 0.5) is 8.78 Å². The predicted molar refractivity (Wildman–Crippen MR) is 73.6 cm³/mol. The molecule has 6 heteroatoms. The van der Waals surface area contributed by atoms with E-state index in [1.807, 2.05) is 7.05 Å². The molecule has 0 spiro atoms. The SMILES string of the molecule is CNC1CC(c2ccc(S(=O)(=O)C(F)F)cc2)C1(C)C. The monoisotopic (exact) mass is 303 g/mol. The first kappa shape index (κ1) is 15.4. The zero-order valence-corrected chi connectivity index (χ0v) is 12.5. The van der Waals surface area contributed by atoms with Crippen molar-refractivity contribution in [1.82, 2.24) is 5.32 Å². The molecule has 112 valence electrons. The lowest BCUT2D eigenvalue weighted by atomic mass is 9.56. The minimum Gasteiger partial charge on any atom is -0.316 e. The standard InChI is InChI=1S/C14H19F2NO2S/c1-14(2)11(8-12(14)17-3)9-4-6-10(7-5-9)20(18,19)13(15)16/h4-7,11-13,17H,8H2,1-3H3. The van der Waals surface area contributed by atoms with Gasteiger partial charge >= 0.3 is 5.76 Å². The van der Waals surface area contributed by atoms with Gasteiger partial charge in [-0.05, 0) is 42.5 Å². The van der Waals surface area contributed by atoms with Gasteiger partial charge in [-0.2, -0.15) is 8.78 Å². The summed E-state index contributed by atoms with van der Waals surface area (Å²) < 4.78 is 47.6. The molecule has 2 rings (SSSR count). The van der Waals surface area contributed by atoms with Crippen LogP contribution in [-0.4, -0.2) is 27.3 Å². The fourth-order valence-electron chi connectivity index (χ4n) is 2.97. The largest absolute Gasteiger partial charge is 0.341 e. The third-order valence-corrected chi connectivity index (χ3v) is 5.86. The molecule has 0 aromatic heterocycles. The van der Waals surface area contributed by atoms with Crippen LogP contribution in [0.2, 0.25) is 0 Å². The van der Waals surface area contributed by atoms with E-state index >= 15 is 0 Å². The molecule has 1 fully saturated rings. The highest BCUT2D eigenvalue weighted by atomic mass is 32.2. The second-order valence-electron chi connectivity index (χ2n) is 5.83. The number of sulfone groups is 1. The van der Waals surface area contributed by atoms with E-state index in [1.54, 1.807) is 12.1 Å². The maximum absolute atomic E-state index is 12.5. The summed E-state index contributed by atoms with van der Waals surface area (Å²) in [6, 6.07) is 6.26. The van der Waals surface area contributed by atoms with Gasteiger partial charge in [0.15, 0.2) is 0 Å². The van der Waals surface area contributed by atoms with Crippen LogP contribution in [0, 0.1) is 5.41 Å². The van der Waals surface area contributed by atoms with Gasteiger partial charge in [-0.3, -0.25) is 0 Å². The molecule has 3 nitrogen and oxygen atoms in total. The minimum absolute atomic E-state index is 0.0673. The summed E-state index contributed by atoms with van der Waals surface area (Å²) in [7, 11) is -2.58. The second kappa shape index (κ2) is 5.07. The van der Waals surface area contributed by atoms with Gasteiger partial charge in [0.25, 0.3) is 0 Å². The van der Waals surface area contributed by atoms with Crippen molar-refractivity contribution in [2.24, 2.45) is 5.41 Å². The molecule has 2 atom stereocenters. The Bertz CT molecular complexity index is 582. The average Bonchev–Trinajstić information content (AvgIpc) is 2.38. The Morgan fingerprint density at radius 1 is 1.25 bits per heavy atom. The second-order valence-corrected chi connectivity index (χ2v) is 7.74. The normalized spacial score (nSPS) is 25.5. The number of rotatable bonds is 4. The number of alkyl halides is 2. The van der Waals surface area contributed by atoms with E-state index < -0.39 is 15.6 Å². The molecule has 0 amide bonds. The van der Waals surface area contributed by atoms with Crippen molar-refractivity contribution in [3.05, 3.63) is 29.8 Å². The van der Waals surface area contributed by atoms with Gasteiger partial charge in [0.05, 0.1) is 4.90 Å². The van der Waals surface area contributed by atoms with Crippen molar-refractivity contribution < 1.29 is 17.2 Å². The molecule has 0 radical (unpaired) electrons. The van der Waals surface area contributed by atoms with E-state index in [2.05, 4.69) is 19.2 Å². The molecule has 0 heterocycles. The molecule has 0 saturated heterocycles. The van der Waals surface area contributed by atoms with Gasteiger partial charge in [-0.15, -0.1) is 0 Å². The van der Waals surface area contributed by atoms with Crippen LogP contribution >= 0.6 is 0 Å². The molecule has 0 aliphatic heterocycles. The molecule has 1 aromatic rings. The third-order valence-electron chi connectivity index (χ3n) is 4.46. The van der Waals surface area contributed by atoms with Gasteiger partial charge in [0, 0.05) is 6.04 Å². The Morgan fingerprint density at radius 2 is 1.80 bits per heavy atom. The molecule has 1 saturated carbocycles.